The molecule has 1 aromatic carbocycles. The molecule has 7 heteroatoms. The number of nitrogens with zero attached hydrogens (tertiary/aromatic N) is 2. The van der Waals surface area contributed by atoms with E-state index in [1.807, 2.05) is 31.2 Å². The van der Waals surface area contributed by atoms with Gasteiger partial charge in [0.2, 0.25) is 0 Å². The number of hydrogen-bond donors (Lipinski definition) is 2. The summed E-state index contributed by atoms with van der Waals surface area (Å²) in [5, 5.41) is 6.04. The minimum absolute atomic E-state index is 0.245. The van der Waals surface area contributed by atoms with Crippen molar-refractivity contribution in [2.24, 2.45) is 0 Å². The average molecular weight is 443 g/mol. The first-order valence-electron chi connectivity index (χ1n) is 8.86. The molecule has 0 atom stereocenters. The van der Waals surface area contributed by atoms with Gasteiger partial charge in [0, 0.05) is 22.9 Å². The number of anilines is 1. The van der Waals surface area contributed by atoms with Crippen LogP contribution in [0.2, 0.25) is 0 Å². The van der Waals surface area contributed by atoms with Gasteiger partial charge in [0.15, 0.2) is 0 Å². The van der Waals surface area contributed by atoms with Crippen LogP contribution in [-0.4, -0.2) is 22.4 Å². The highest BCUT2D eigenvalue weighted by Gasteiger charge is 2.13. The highest BCUT2D eigenvalue weighted by atomic mass is 79.9. The molecule has 1 amide bonds. The van der Waals surface area contributed by atoms with E-state index in [0.29, 0.717) is 35.4 Å². The highest BCUT2D eigenvalue weighted by molar-refractivity contribution is 9.10. The lowest BCUT2D eigenvalue weighted by molar-refractivity contribution is 0.0951. The quantitative estimate of drug-likeness (QED) is 0.573. The van der Waals surface area contributed by atoms with Crippen LogP contribution in [0.1, 0.15) is 27.3 Å². The maximum absolute atomic E-state index is 13.3. The number of rotatable bonds is 7. The van der Waals surface area contributed by atoms with Crippen molar-refractivity contribution in [1.29, 1.82) is 0 Å². The molecule has 0 unspecified atom stereocenters. The molecule has 0 saturated heterocycles. The lowest BCUT2D eigenvalue weighted by Gasteiger charge is -2.12. The van der Waals surface area contributed by atoms with Crippen LogP contribution >= 0.6 is 15.9 Å². The molecular formula is C21H20BrFN4O. The minimum Gasteiger partial charge on any atom is -0.369 e. The van der Waals surface area contributed by atoms with Gasteiger partial charge in [0.1, 0.15) is 11.6 Å². The Bertz CT molecular complexity index is 980. The first kappa shape index (κ1) is 19.9. The zero-order valence-electron chi connectivity index (χ0n) is 15.4. The van der Waals surface area contributed by atoms with E-state index in [1.54, 1.807) is 18.3 Å². The van der Waals surface area contributed by atoms with E-state index in [4.69, 9.17) is 0 Å². The van der Waals surface area contributed by atoms with Gasteiger partial charge in [-0.25, -0.2) is 9.37 Å². The number of hydrogen-bond acceptors (Lipinski definition) is 4. The number of nitrogens with one attached hydrogen (secondary N) is 2. The Morgan fingerprint density at radius 1 is 1.18 bits per heavy atom. The number of pyridine rings is 2. The van der Waals surface area contributed by atoms with Crippen molar-refractivity contribution in [2.75, 3.05) is 11.9 Å². The van der Waals surface area contributed by atoms with E-state index in [9.17, 15) is 9.18 Å². The standard InChI is InChI=1S/C21H20BrFN4O/c1-14-4-2-7-18(27-14)13-26-21(28)19-11-16(22)12-25-20(19)24-9-8-15-5-3-6-17(23)10-15/h2-7,10-12H,8-9,13H2,1H3,(H,24,25)(H,26,28). The SMILES string of the molecule is Cc1cccc(CNC(=O)c2cc(Br)cnc2NCCc2cccc(F)c2)n1. The summed E-state index contributed by atoms with van der Waals surface area (Å²) in [6.45, 7) is 2.76. The summed E-state index contributed by atoms with van der Waals surface area (Å²) in [5.74, 6) is -0.0243. The van der Waals surface area contributed by atoms with Gasteiger partial charge in [-0.2, -0.15) is 0 Å². The fraction of sp³-hybridized carbons (Fsp3) is 0.190. The first-order valence-corrected chi connectivity index (χ1v) is 9.65. The molecule has 0 fully saturated rings. The Balaban J connectivity index is 1.65. The van der Waals surface area contributed by atoms with Gasteiger partial charge < -0.3 is 10.6 Å². The summed E-state index contributed by atoms with van der Waals surface area (Å²) in [4.78, 5) is 21.4. The molecular weight excluding hydrogens is 423 g/mol. The number of aryl methyl sites for hydroxylation is 1. The highest BCUT2D eigenvalue weighted by Crippen LogP contribution is 2.18. The molecule has 0 aliphatic carbocycles. The van der Waals surface area contributed by atoms with Crippen molar-refractivity contribution in [1.82, 2.24) is 15.3 Å². The smallest absolute Gasteiger partial charge is 0.255 e. The van der Waals surface area contributed by atoms with Crippen molar-refractivity contribution in [3.8, 4) is 0 Å². The molecule has 0 aliphatic heterocycles. The van der Waals surface area contributed by atoms with Crippen LogP contribution in [0.25, 0.3) is 0 Å². The molecule has 2 heterocycles. The van der Waals surface area contributed by atoms with E-state index in [-0.39, 0.29) is 11.7 Å². The van der Waals surface area contributed by atoms with Gasteiger partial charge in [-0.15, -0.1) is 0 Å². The van der Waals surface area contributed by atoms with Gasteiger partial charge in [-0.05, 0) is 65.2 Å². The Hall–Kier alpha value is -2.80. The van der Waals surface area contributed by atoms with Crippen LogP contribution in [0, 0.1) is 12.7 Å². The third kappa shape index (κ3) is 5.60. The second-order valence-corrected chi connectivity index (χ2v) is 7.23. The molecule has 28 heavy (non-hydrogen) atoms. The summed E-state index contributed by atoms with van der Waals surface area (Å²) in [6.07, 6.45) is 2.24. The zero-order chi connectivity index (χ0) is 19.9. The lowest BCUT2D eigenvalue weighted by atomic mass is 10.1. The van der Waals surface area contributed by atoms with Crippen molar-refractivity contribution in [3.05, 3.63) is 87.5 Å². The number of benzene rings is 1. The molecule has 3 aromatic rings. The molecule has 0 aliphatic rings. The number of carbonyl (C=O) groups is 1. The molecule has 0 radical (unpaired) electrons. The van der Waals surface area contributed by atoms with Gasteiger partial charge in [0.25, 0.3) is 5.91 Å². The maximum Gasteiger partial charge on any atom is 0.255 e. The number of aromatic nitrogens is 2. The summed E-state index contributed by atoms with van der Waals surface area (Å²) < 4.78 is 14.0. The minimum atomic E-state index is -0.260. The molecule has 0 saturated carbocycles. The van der Waals surface area contributed by atoms with Crippen molar-refractivity contribution < 1.29 is 9.18 Å². The normalized spacial score (nSPS) is 10.5. The molecule has 5 nitrogen and oxygen atoms in total. The van der Waals surface area contributed by atoms with Crippen LogP contribution in [0.15, 0.2) is 59.2 Å². The van der Waals surface area contributed by atoms with Crippen molar-refractivity contribution in [3.63, 3.8) is 0 Å². The van der Waals surface area contributed by atoms with E-state index in [2.05, 4.69) is 36.5 Å². The fourth-order valence-electron chi connectivity index (χ4n) is 2.73. The molecule has 0 bridgehead atoms. The van der Waals surface area contributed by atoms with Crippen LogP contribution < -0.4 is 10.6 Å². The Labute approximate surface area is 171 Å². The predicted octanol–water partition coefficient (Wildman–Crippen LogP) is 4.27. The van der Waals surface area contributed by atoms with Gasteiger partial charge >= 0.3 is 0 Å². The van der Waals surface area contributed by atoms with Crippen LogP contribution in [-0.2, 0) is 13.0 Å². The van der Waals surface area contributed by atoms with Crippen molar-refractivity contribution >= 4 is 27.7 Å². The fourth-order valence-corrected chi connectivity index (χ4v) is 3.07. The second-order valence-electron chi connectivity index (χ2n) is 6.31. The zero-order valence-corrected chi connectivity index (χ0v) is 17.0. The number of halogens is 2. The van der Waals surface area contributed by atoms with Crippen molar-refractivity contribution in [2.45, 2.75) is 19.9 Å². The lowest BCUT2D eigenvalue weighted by Crippen LogP contribution is -2.25. The summed E-state index contributed by atoms with van der Waals surface area (Å²) in [7, 11) is 0. The monoisotopic (exact) mass is 442 g/mol. The van der Waals surface area contributed by atoms with Gasteiger partial charge in [-0.3, -0.25) is 9.78 Å². The first-order chi connectivity index (χ1) is 13.5. The molecule has 3 rings (SSSR count). The van der Waals surface area contributed by atoms with Crippen LogP contribution in [0.3, 0.4) is 0 Å². The van der Waals surface area contributed by atoms with E-state index in [0.717, 1.165) is 17.0 Å². The summed E-state index contributed by atoms with van der Waals surface area (Å²) in [5.41, 5.74) is 3.00. The van der Waals surface area contributed by atoms with Crippen LogP contribution in [0.5, 0.6) is 0 Å². The molecule has 144 valence electrons. The third-order valence-electron chi connectivity index (χ3n) is 4.07. The summed E-state index contributed by atoms with van der Waals surface area (Å²) >= 11 is 3.36. The Kier molecular flexibility index (Phi) is 6.71. The largest absolute Gasteiger partial charge is 0.369 e. The van der Waals surface area contributed by atoms with Gasteiger partial charge in [-0.1, -0.05) is 18.2 Å². The predicted molar refractivity (Wildman–Crippen MR) is 111 cm³/mol. The molecule has 2 aromatic heterocycles. The Morgan fingerprint density at radius 3 is 2.79 bits per heavy atom. The second kappa shape index (κ2) is 9.41. The molecule has 0 spiro atoms. The Morgan fingerprint density at radius 2 is 2.00 bits per heavy atom. The van der Waals surface area contributed by atoms with E-state index < -0.39 is 0 Å². The number of amides is 1. The van der Waals surface area contributed by atoms with E-state index in [1.165, 1.54) is 12.1 Å². The maximum atomic E-state index is 13.3. The number of carbonyl (C=O) groups excluding carboxylic acids is 1. The van der Waals surface area contributed by atoms with Gasteiger partial charge in [0.05, 0.1) is 17.8 Å². The topological polar surface area (TPSA) is 66.9 Å². The van der Waals surface area contributed by atoms with Crippen LogP contribution in [0.4, 0.5) is 10.2 Å². The molecule has 2 N–H and O–H groups in total. The average Bonchev–Trinajstić information content (AvgIpc) is 2.67. The van der Waals surface area contributed by atoms with E-state index >= 15 is 0 Å². The summed E-state index contributed by atoms with van der Waals surface area (Å²) in [6, 6.07) is 13.9. The third-order valence-corrected chi connectivity index (χ3v) is 4.50.